The molecule has 29 heavy (non-hydrogen) atoms. The minimum absolute atomic E-state index is 0.0214. The highest BCUT2D eigenvalue weighted by atomic mass is 32.2. The van der Waals surface area contributed by atoms with Gasteiger partial charge < -0.3 is 0 Å². The van der Waals surface area contributed by atoms with Gasteiger partial charge in [0.15, 0.2) is 5.65 Å². The van der Waals surface area contributed by atoms with Gasteiger partial charge in [-0.15, -0.1) is 5.10 Å². The third-order valence-electron chi connectivity index (χ3n) is 4.84. The number of nitro benzene ring substituents is 1. The van der Waals surface area contributed by atoms with Crippen LogP contribution in [0.5, 0.6) is 0 Å². The second-order valence-electron chi connectivity index (χ2n) is 6.63. The molecule has 1 fully saturated rings. The van der Waals surface area contributed by atoms with E-state index in [2.05, 4.69) is 5.10 Å². The van der Waals surface area contributed by atoms with Crippen LogP contribution >= 0.6 is 0 Å². The molecule has 0 unspecified atom stereocenters. The molecule has 0 saturated carbocycles. The predicted molar refractivity (Wildman–Crippen MR) is 103 cm³/mol. The van der Waals surface area contributed by atoms with Crippen LogP contribution in [0.25, 0.3) is 5.65 Å². The first-order valence-corrected chi connectivity index (χ1v) is 10.3. The second kappa shape index (κ2) is 7.39. The van der Waals surface area contributed by atoms with Crippen molar-refractivity contribution in [3.05, 3.63) is 69.3 Å². The summed E-state index contributed by atoms with van der Waals surface area (Å²) in [6.07, 6.45) is 1.65. The largest absolute Gasteiger partial charge is 0.351 e. The maximum atomic E-state index is 12.8. The molecule has 3 heterocycles. The molecule has 1 saturated heterocycles. The monoisotopic (exact) mass is 418 g/mol. The number of nitro groups is 1. The summed E-state index contributed by atoms with van der Waals surface area (Å²) in [5.74, 6) is 0. The number of fused-ring (bicyclic) bond motifs is 1. The fraction of sp³-hybridized carbons (Fsp3) is 0.294. The molecule has 1 aromatic carbocycles. The zero-order valence-electron chi connectivity index (χ0n) is 15.3. The van der Waals surface area contributed by atoms with Crippen LogP contribution in [0.15, 0.2) is 58.4 Å². The van der Waals surface area contributed by atoms with Crippen molar-refractivity contribution in [1.29, 1.82) is 0 Å². The second-order valence-corrected chi connectivity index (χ2v) is 8.56. The van der Waals surface area contributed by atoms with Crippen molar-refractivity contribution < 1.29 is 13.3 Å². The summed E-state index contributed by atoms with van der Waals surface area (Å²) in [5, 5.41) is 15.0. The van der Waals surface area contributed by atoms with Gasteiger partial charge in [-0.3, -0.25) is 19.4 Å². The molecule has 1 aliphatic heterocycles. The number of hydrogen-bond acceptors (Lipinski definition) is 7. The third kappa shape index (κ3) is 3.64. The van der Waals surface area contributed by atoms with Crippen molar-refractivity contribution in [3.63, 3.8) is 0 Å². The summed E-state index contributed by atoms with van der Waals surface area (Å²) in [6.45, 7) is 1.65. The first kappa shape index (κ1) is 19.2. The van der Waals surface area contributed by atoms with Crippen LogP contribution in [0.4, 0.5) is 5.69 Å². The minimum Gasteiger partial charge on any atom is -0.282 e. The molecule has 3 aromatic rings. The lowest BCUT2D eigenvalue weighted by Crippen LogP contribution is -2.49. The first-order chi connectivity index (χ1) is 13.9. The van der Waals surface area contributed by atoms with Crippen molar-refractivity contribution in [2.24, 2.45) is 0 Å². The first-order valence-electron chi connectivity index (χ1n) is 8.87. The van der Waals surface area contributed by atoms with Gasteiger partial charge in [0.1, 0.15) is 0 Å². The molecule has 0 atom stereocenters. The number of aromatic nitrogens is 3. The van der Waals surface area contributed by atoms with Crippen LogP contribution in [0.3, 0.4) is 0 Å². The molecule has 0 spiro atoms. The van der Waals surface area contributed by atoms with Crippen LogP contribution in [0.2, 0.25) is 0 Å². The Bertz CT molecular complexity index is 1210. The lowest BCUT2D eigenvalue weighted by Gasteiger charge is -2.33. The van der Waals surface area contributed by atoms with E-state index in [4.69, 9.17) is 0 Å². The molecular formula is C17H18N6O5S. The molecule has 12 heteroatoms. The average molecular weight is 418 g/mol. The Morgan fingerprint density at radius 1 is 1.03 bits per heavy atom. The minimum atomic E-state index is -3.73. The predicted octanol–water partition coefficient (Wildman–Crippen LogP) is 0.368. The van der Waals surface area contributed by atoms with Gasteiger partial charge in [0.05, 0.1) is 16.5 Å². The van der Waals surface area contributed by atoms with Crippen molar-refractivity contribution in [3.8, 4) is 0 Å². The Morgan fingerprint density at radius 3 is 2.34 bits per heavy atom. The van der Waals surface area contributed by atoms with E-state index >= 15 is 0 Å². The van der Waals surface area contributed by atoms with E-state index in [1.165, 1.54) is 37.7 Å². The van der Waals surface area contributed by atoms with Crippen LogP contribution in [-0.2, 0) is 16.7 Å². The molecule has 0 bridgehead atoms. The summed E-state index contributed by atoms with van der Waals surface area (Å²) in [7, 11) is -3.73. The van der Waals surface area contributed by atoms with E-state index < -0.39 is 14.9 Å². The summed E-state index contributed by atoms with van der Waals surface area (Å²) < 4.78 is 29.7. The molecule has 0 N–H and O–H groups in total. The van der Waals surface area contributed by atoms with Crippen molar-refractivity contribution >= 4 is 21.4 Å². The van der Waals surface area contributed by atoms with Gasteiger partial charge in [-0.2, -0.15) is 8.99 Å². The van der Waals surface area contributed by atoms with E-state index in [0.29, 0.717) is 18.7 Å². The van der Waals surface area contributed by atoms with E-state index in [1.54, 1.807) is 24.4 Å². The van der Waals surface area contributed by atoms with Gasteiger partial charge in [0, 0.05) is 44.5 Å². The zero-order chi connectivity index (χ0) is 20.6. The normalized spacial score (nSPS) is 16.3. The number of piperazine rings is 1. The number of non-ortho nitro benzene ring substituents is 1. The number of nitrogens with zero attached hydrogens (tertiary/aromatic N) is 6. The van der Waals surface area contributed by atoms with Gasteiger partial charge >= 0.3 is 5.69 Å². The Kier molecular flexibility index (Phi) is 4.90. The summed E-state index contributed by atoms with van der Waals surface area (Å²) in [6, 6.07) is 10.1. The maximum absolute atomic E-state index is 12.8. The van der Waals surface area contributed by atoms with Gasteiger partial charge in [-0.05, 0) is 24.3 Å². The van der Waals surface area contributed by atoms with E-state index in [0.717, 1.165) is 0 Å². The highest BCUT2D eigenvalue weighted by Crippen LogP contribution is 2.20. The van der Waals surface area contributed by atoms with Crippen molar-refractivity contribution in [1.82, 2.24) is 23.4 Å². The smallest absolute Gasteiger partial charge is 0.282 e. The van der Waals surface area contributed by atoms with E-state index in [9.17, 15) is 23.3 Å². The summed E-state index contributed by atoms with van der Waals surface area (Å²) in [4.78, 5) is 24.5. The Hall–Kier alpha value is -3.09. The third-order valence-corrected chi connectivity index (χ3v) is 6.75. The highest BCUT2D eigenvalue weighted by molar-refractivity contribution is 7.89. The Labute approximate surface area is 165 Å². The highest BCUT2D eigenvalue weighted by Gasteiger charge is 2.29. The van der Waals surface area contributed by atoms with Gasteiger partial charge in [0.25, 0.3) is 5.69 Å². The zero-order valence-corrected chi connectivity index (χ0v) is 16.1. The molecule has 1 aliphatic rings. The molecule has 4 rings (SSSR count). The lowest BCUT2D eigenvalue weighted by atomic mass is 10.3. The van der Waals surface area contributed by atoms with Gasteiger partial charge in [-0.25, -0.2) is 13.2 Å². The standard InChI is InChI=1S/C17H18N6O5S/c24-17-21-8-2-1-3-16(21)18-22(17)13-19-9-11-20(12-10-19)29(27,28)15-6-4-14(5-7-15)23(25)26/h1-8H,9-13H2. The molecule has 0 amide bonds. The molecule has 0 radical (unpaired) electrons. The van der Waals surface area contributed by atoms with E-state index in [-0.39, 0.29) is 36.0 Å². The fourth-order valence-corrected chi connectivity index (χ4v) is 4.67. The van der Waals surface area contributed by atoms with E-state index in [1.807, 2.05) is 4.90 Å². The van der Waals surface area contributed by atoms with Crippen LogP contribution in [-0.4, -0.2) is 62.9 Å². The lowest BCUT2D eigenvalue weighted by molar-refractivity contribution is -0.384. The number of hydrogen-bond donors (Lipinski definition) is 0. The van der Waals surface area contributed by atoms with Gasteiger partial charge in [-0.1, -0.05) is 6.07 Å². The van der Waals surface area contributed by atoms with Crippen LogP contribution < -0.4 is 5.69 Å². The molecule has 152 valence electrons. The van der Waals surface area contributed by atoms with Crippen LogP contribution in [0.1, 0.15) is 0 Å². The topological polar surface area (TPSA) is 123 Å². The molecule has 2 aromatic heterocycles. The number of pyridine rings is 1. The Morgan fingerprint density at radius 2 is 1.72 bits per heavy atom. The summed E-state index contributed by atoms with van der Waals surface area (Å²) >= 11 is 0. The number of benzene rings is 1. The number of sulfonamides is 1. The molecule has 11 nitrogen and oxygen atoms in total. The van der Waals surface area contributed by atoms with Crippen LogP contribution in [0, 0.1) is 10.1 Å². The quantitative estimate of drug-likeness (QED) is 0.433. The fourth-order valence-electron chi connectivity index (χ4n) is 3.25. The SMILES string of the molecule is O=c1n(CN2CCN(S(=O)(=O)c3ccc([N+](=O)[O-])cc3)CC2)nc2ccccn12. The molecule has 0 aliphatic carbocycles. The summed E-state index contributed by atoms with van der Waals surface area (Å²) in [5.41, 5.74) is 0.144. The van der Waals surface area contributed by atoms with Gasteiger partial charge in [0.2, 0.25) is 10.0 Å². The van der Waals surface area contributed by atoms with Crippen molar-refractivity contribution in [2.75, 3.05) is 26.2 Å². The average Bonchev–Trinajstić information content (AvgIpc) is 3.04. The van der Waals surface area contributed by atoms with Crippen molar-refractivity contribution in [2.45, 2.75) is 11.6 Å². The maximum Gasteiger partial charge on any atom is 0.351 e. The Balaban J connectivity index is 1.43. The molecular weight excluding hydrogens is 400 g/mol. The number of rotatable bonds is 5.